The number of rotatable bonds is 12. The van der Waals surface area contributed by atoms with Crippen LogP contribution in [0.5, 0.6) is 17.2 Å². The molecule has 1 atom stereocenters. The molecule has 0 amide bonds. The zero-order valence-electron chi connectivity index (χ0n) is 22.0. The highest BCUT2D eigenvalue weighted by Crippen LogP contribution is 2.38. The van der Waals surface area contributed by atoms with Gasteiger partial charge in [-0.25, -0.2) is 4.31 Å². The van der Waals surface area contributed by atoms with Crippen LogP contribution in [-0.4, -0.2) is 68.0 Å². The van der Waals surface area contributed by atoms with E-state index in [1.807, 2.05) is 51.6 Å². The second-order valence-electron chi connectivity index (χ2n) is 8.15. The van der Waals surface area contributed by atoms with Crippen LogP contribution in [-0.2, 0) is 7.05 Å². The predicted octanol–water partition coefficient (Wildman–Crippen LogP) is 4.75. The number of halogens is 1. The fourth-order valence-electron chi connectivity index (χ4n) is 3.56. The van der Waals surface area contributed by atoms with Crippen molar-refractivity contribution >= 4 is 55.2 Å². The third-order valence-corrected chi connectivity index (χ3v) is 6.84. The van der Waals surface area contributed by atoms with Crippen LogP contribution in [0.4, 0.5) is 5.95 Å². The molecule has 4 aromatic rings. The highest BCUT2D eigenvalue weighted by molar-refractivity contribution is 8.00. The van der Waals surface area contributed by atoms with Crippen molar-refractivity contribution in [3.63, 3.8) is 0 Å². The number of nitrogens with one attached hydrogen (secondary N) is 1. The first-order valence-electron chi connectivity index (χ1n) is 11.4. The monoisotopic (exact) mass is 611 g/mol. The first-order chi connectivity index (χ1) is 18.3. The Morgan fingerprint density at radius 2 is 1.79 bits per heavy atom. The van der Waals surface area contributed by atoms with Crippen LogP contribution in [0.3, 0.4) is 0 Å². The molecule has 210 valence electrons. The van der Waals surface area contributed by atoms with Crippen LogP contribution in [0, 0.1) is 0 Å². The maximum atomic E-state index is 11.0. The number of hydrogen-bond donors (Lipinski definition) is 2. The van der Waals surface area contributed by atoms with Gasteiger partial charge in [0.25, 0.3) is 0 Å². The summed E-state index contributed by atoms with van der Waals surface area (Å²) in [7, 11) is 8.72. The van der Waals surface area contributed by atoms with Gasteiger partial charge in [0.05, 0.1) is 20.3 Å². The average molecular weight is 612 g/mol. The van der Waals surface area contributed by atoms with Crippen molar-refractivity contribution in [1.82, 2.24) is 28.9 Å². The van der Waals surface area contributed by atoms with Gasteiger partial charge in [0.15, 0.2) is 5.82 Å². The van der Waals surface area contributed by atoms with Crippen LogP contribution in [0.1, 0.15) is 11.7 Å². The molecule has 2 aromatic heterocycles. The Labute approximate surface area is 247 Å². The standard InChI is InChI=1S/C24H28ClN7O4S2.H2S/c1-30(2)38-36-21-13-15(25)9-10-16(21)18(33)14-37-29-24-27-26-23(17-11-12-31(3)28-17)32(24)22-19(34-4)7-6-8-20(22)35-5;/h6-13,18,33H,14H2,1-5H3,(H,27,29);1H2. The minimum Gasteiger partial charge on any atom is -0.494 e. The van der Waals surface area contributed by atoms with Crippen molar-refractivity contribution in [3.8, 4) is 34.5 Å². The zero-order valence-corrected chi connectivity index (χ0v) is 25.3. The third-order valence-electron chi connectivity index (χ3n) is 5.25. The van der Waals surface area contributed by atoms with E-state index in [0.717, 1.165) is 12.2 Å². The van der Waals surface area contributed by atoms with Crippen molar-refractivity contribution < 1.29 is 18.8 Å². The predicted molar refractivity (Wildman–Crippen MR) is 161 cm³/mol. The Kier molecular flexibility index (Phi) is 11.1. The van der Waals surface area contributed by atoms with Crippen LogP contribution >= 0.6 is 49.3 Å². The van der Waals surface area contributed by atoms with E-state index in [-0.39, 0.29) is 19.2 Å². The molecule has 0 saturated heterocycles. The smallest absolute Gasteiger partial charge is 0.239 e. The Bertz CT molecular complexity index is 1360. The number of hydrogen-bond acceptors (Lipinski definition) is 11. The zero-order chi connectivity index (χ0) is 27.2. The number of methoxy groups -OCH3 is 2. The maximum Gasteiger partial charge on any atom is 0.239 e. The number of para-hydroxylation sites is 1. The van der Waals surface area contributed by atoms with Gasteiger partial charge in [-0.3, -0.25) is 14.0 Å². The first-order valence-corrected chi connectivity index (χ1v) is 13.4. The number of benzene rings is 2. The summed E-state index contributed by atoms with van der Waals surface area (Å²) in [5.74, 6) is 2.79. The third kappa shape index (κ3) is 7.26. The van der Waals surface area contributed by atoms with Crippen molar-refractivity contribution in [2.24, 2.45) is 7.05 Å². The molecule has 15 heteroatoms. The van der Waals surface area contributed by atoms with Crippen molar-refractivity contribution in [2.75, 3.05) is 38.8 Å². The molecule has 1 unspecified atom stereocenters. The normalized spacial score (nSPS) is 11.7. The van der Waals surface area contributed by atoms with E-state index < -0.39 is 6.10 Å². The SMILES string of the molecule is COc1cccc(OC)c1-n1c(NSCC(O)c2ccc(Cl)cc2OSN(C)C)nnc1-c1ccn(C)n1.S. The molecule has 0 aliphatic carbocycles. The number of aliphatic hydroxyl groups excluding tert-OH is 1. The van der Waals surface area contributed by atoms with Gasteiger partial charge in [0.1, 0.15) is 40.9 Å². The van der Waals surface area contributed by atoms with Crippen molar-refractivity contribution in [2.45, 2.75) is 6.10 Å². The number of aliphatic hydroxyl groups is 1. The van der Waals surface area contributed by atoms with Gasteiger partial charge >= 0.3 is 0 Å². The van der Waals surface area contributed by atoms with Crippen molar-refractivity contribution in [1.29, 1.82) is 0 Å². The number of nitrogens with zero attached hydrogens (tertiary/aromatic N) is 6. The number of anilines is 1. The van der Waals surface area contributed by atoms with E-state index >= 15 is 0 Å². The molecule has 0 spiro atoms. The fourth-order valence-corrected chi connectivity index (χ4v) is 4.78. The lowest BCUT2D eigenvalue weighted by atomic mass is 10.1. The van der Waals surface area contributed by atoms with E-state index in [1.54, 1.807) is 46.0 Å². The summed E-state index contributed by atoms with van der Waals surface area (Å²) in [6.45, 7) is 0. The summed E-state index contributed by atoms with van der Waals surface area (Å²) >= 11 is 8.56. The molecule has 0 fully saturated rings. The van der Waals surface area contributed by atoms with E-state index in [1.165, 1.54) is 11.9 Å². The molecule has 4 rings (SSSR count). The number of aromatic nitrogens is 5. The van der Waals surface area contributed by atoms with Gasteiger partial charge in [-0.05, 0) is 36.2 Å². The highest BCUT2D eigenvalue weighted by atomic mass is 35.5. The fraction of sp³-hybridized carbons (Fsp3) is 0.292. The minimum absolute atomic E-state index is 0. The summed E-state index contributed by atoms with van der Waals surface area (Å²) in [6.07, 6.45) is 0.974. The van der Waals surface area contributed by atoms with Gasteiger partial charge in [-0.1, -0.05) is 23.7 Å². The number of ether oxygens (including phenoxy) is 2. The van der Waals surface area contributed by atoms with Crippen LogP contribution in [0.2, 0.25) is 5.02 Å². The van der Waals surface area contributed by atoms with E-state index in [0.29, 0.717) is 51.0 Å². The Hall–Kier alpha value is -2.75. The maximum absolute atomic E-state index is 11.0. The quantitative estimate of drug-likeness (QED) is 0.171. The Morgan fingerprint density at radius 3 is 2.41 bits per heavy atom. The van der Waals surface area contributed by atoms with Crippen LogP contribution in [0.15, 0.2) is 48.7 Å². The molecule has 0 bridgehead atoms. The highest BCUT2D eigenvalue weighted by Gasteiger charge is 2.24. The van der Waals surface area contributed by atoms with Gasteiger partial charge < -0.3 is 18.8 Å². The van der Waals surface area contributed by atoms with E-state index in [4.69, 9.17) is 25.3 Å². The Morgan fingerprint density at radius 1 is 1.08 bits per heavy atom. The molecule has 11 nitrogen and oxygen atoms in total. The van der Waals surface area contributed by atoms with Crippen molar-refractivity contribution in [3.05, 3.63) is 59.2 Å². The largest absolute Gasteiger partial charge is 0.494 e. The van der Waals surface area contributed by atoms with E-state index in [2.05, 4.69) is 20.0 Å². The Balaban J connectivity index is 0.00000420. The van der Waals surface area contributed by atoms with Gasteiger partial charge in [-0.15, -0.1) is 10.2 Å². The van der Waals surface area contributed by atoms with Gasteiger partial charge in [0, 0.05) is 49.7 Å². The molecule has 0 saturated carbocycles. The summed E-state index contributed by atoms with van der Waals surface area (Å²) < 4.78 is 25.5. The van der Waals surface area contributed by atoms with Gasteiger partial charge in [0.2, 0.25) is 5.95 Å². The molecule has 2 heterocycles. The minimum atomic E-state index is -0.852. The number of aryl methyl sites for hydroxylation is 1. The van der Waals surface area contributed by atoms with E-state index in [9.17, 15) is 5.11 Å². The molecule has 2 N–H and O–H groups in total. The van der Waals surface area contributed by atoms with Gasteiger partial charge in [-0.2, -0.15) is 18.6 Å². The molecular weight excluding hydrogens is 582 g/mol. The lowest BCUT2D eigenvalue weighted by Crippen LogP contribution is -2.09. The second-order valence-corrected chi connectivity index (χ2v) is 10.5. The second kappa shape index (κ2) is 14.1. The molecule has 0 aliphatic heterocycles. The molecule has 0 aliphatic rings. The van der Waals surface area contributed by atoms with Crippen LogP contribution < -0.4 is 18.4 Å². The summed E-state index contributed by atoms with van der Waals surface area (Å²) in [5.41, 5.74) is 1.84. The summed E-state index contributed by atoms with van der Waals surface area (Å²) in [5, 5.41) is 24.7. The molecule has 2 aromatic carbocycles. The summed E-state index contributed by atoms with van der Waals surface area (Å²) in [4.78, 5) is 0. The van der Waals surface area contributed by atoms with Crippen LogP contribution in [0.25, 0.3) is 17.2 Å². The topological polar surface area (TPSA) is 112 Å². The first kappa shape index (κ1) is 30.8. The average Bonchev–Trinajstić information content (AvgIpc) is 3.52. The molecule has 0 radical (unpaired) electrons. The molecular formula is C24H30ClN7O4S3. The lowest BCUT2D eigenvalue weighted by molar-refractivity contribution is 0.202. The lowest BCUT2D eigenvalue weighted by Gasteiger charge is -2.18. The molecule has 39 heavy (non-hydrogen) atoms. The summed E-state index contributed by atoms with van der Waals surface area (Å²) in [6, 6.07) is 12.5.